The third kappa shape index (κ3) is 7.63. The molecule has 1 aliphatic heterocycles. The van der Waals surface area contributed by atoms with Crippen molar-refractivity contribution in [2.45, 2.75) is 95.7 Å². The molecule has 1 unspecified atom stereocenters. The first-order valence-electron chi connectivity index (χ1n) is 15.2. The molecule has 4 amide bonds. The van der Waals surface area contributed by atoms with E-state index < -0.39 is 35.7 Å². The molecule has 41 heavy (non-hydrogen) atoms. The molecule has 0 spiro atoms. The van der Waals surface area contributed by atoms with E-state index in [-0.39, 0.29) is 24.3 Å². The Hall–Kier alpha value is -3.49. The van der Waals surface area contributed by atoms with Gasteiger partial charge in [0.25, 0.3) is 5.91 Å². The summed E-state index contributed by atoms with van der Waals surface area (Å²) in [4.78, 5) is 67.4. The molecule has 0 radical (unpaired) electrons. The second kappa shape index (κ2) is 14.4. The Bertz CT molecular complexity index is 1120. The largest absolute Gasteiger partial charge is 0.346 e. The number of Topliss-reactive ketones (excluding diaryl/α,β-unsaturated/α-hetero) is 1. The van der Waals surface area contributed by atoms with Gasteiger partial charge >= 0.3 is 0 Å². The van der Waals surface area contributed by atoms with E-state index in [1.807, 2.05) is 19.1 Å². The lowest BCUT2D eigenvalue weighted by atomic mass is 9.94. The first-order chi connectivity index (χ1) is 19.8. The Kier molecular flexibility index (Phi) is 10.7. The average Bonchev–Trinajstić information content (AvgIpc) is 3.74. The highest BCUT2D eigenvalue weighted by molar-refractivity contribution is 6.38. The van der Waals surface area contributed by atoms with Crippen LogP contribution in [0.2, 0.25) is 0 Å². The number of carbonyl (C=O) groups excluding carboxylic acids is 5. The summed E-state index contributed by atoms with van der Waals surface area (Å²) < 4.78 is 0. The first kappa shape index (κ1) is 30.5. The molecular weight excluding hydrogens is 520 g/mol. The summed E-state index contributed by atoms with van der Waals surface area (Å²) >= 11 is 0. The van der Waals surface area contributed by atoms with Crippen molar-refractivity contribution < 1.29 is 24.0 Å². The molecule has 2 fully saturated rings. The Morgan fingerprint density at radius 3 is 2.32 bits per heavy atom. The van der Waals surface area contributed by atoms with Crippen LogP contribution in [0.1, 0.15) is 75.8 Å². The van der Waals surface area contributed by atoms with Crippen LogP contribution in [0.4, 0.5) is 0 Å². The van der Waals surface area contributed by atoms with Gasteiger partial charge in [-0.1, -0.05) is 56.5 Å². The maximum atomic E-state index is 14.1. The van der Waals surface area contributed by atoms with Crippen molar-refractivity contribution in [3.8, 4) is 0 Å². The number of carbonyl (C=O) groups is 5. The molecule has 1 aromatic carbocycles. The number of hydrogen-bond donors (Lipinski definition) is 3. The molecule has 1 saturated heterocycles. The highest BCUT2D eigenvalue weighted by atomic mass is 16.2. The third-order valence-corrected chi connectivity index (χ3v) is 8.76. The molecule has 0 aromatic heterocycles. The van der Waals surface area contributed by atoms with E-state index in [4.69, 9.17) is 0 Å². The van der Waals surface area contributed by atoms with Crippen LogP contribution in [-0.2, 0) is 36.8 Å². The van der Waals surface area contributed by atoms with E-state index in [1.54, 1.807) is 4.90 Å². The Balaban J connectivity index is 1.48. The van der Waals surface area contributed by atoms with E-state index in [0.717, 1.165) is 25.7 Å². The molecular formula is C32H44N4O5. The summed E-state index contributed by atoms with van der Waals surface area (Å²) in [6.07, 6.45) is 9.64. The normalized spacial score (nSPS) is 20.2. The number of hydrogen-bond acceptors (Lipinski definition) is 5. The summed E-state index contributed by atoms with van der Waals surface area (Å²) in [5.74, 6) is -2.02. The van der Waals surface area contributed by atoms with Crippen LogP contribution in [0.15, 0.2) is 36.9 Å². The zero-order valence-electron chi connectivity index (χ0n) is 24.2. The summed E-state index contributed by atoms with van der Waals surface area (Å²) in [6, 6.07) is 5.65. The zero-order valence-corrected chi connectivity index (χ0v) is 24.2. The number of benzene rings is 1. The van der Waals surface area contributed by atoms with Gasteiger partial charge in [-0.3, -0.25) is 24.0 Å². The second-order valence-electron chi connectivity index (χ2n) is 11.7. The molecule has 0 bridgehead atoms. The third-order valence-electron chi connectivity index (χ3n) is 8.76. The minimum absolute atomic E-state index is 0.0975. The van der Waals surface area contributed by atoms with E-state index in [1.165, 1.54) is 17.2 Å². The van der Waals surface area contributed by atoms with E-state index in [2.05, 4.69) is 34.7 Å². The van der Waals surface area contributed by atoms with Crippen LogP contribution in [0, 0.1) is 11.8 Å². The number of rotatable bonds is 13. The number of ketones is 1. The molecule has 2 aliphatic carbocycles. The SMILES string of the molecule is C=CCNC(=O)C(=O)C(CCC)NC(=O)[C@@H]1CCCN1C(=O)[C@@H](NC(=O)CC1CCCC1)C1Cc2ccccc2C1. The number of nitrogens with zero attached hydrogens (tertiary/aromatic N) is 1. The molecule has 3 aliphatic rings. The van der Waals surface area contributed by atoms with Crippen LogP contribution in [-0.4, -0.2) is 65.5 Å². The molecule has 9 nitrogen and oxygen atoms in total. The van der Waals surface area contributed by atoms with Gasteiger partial charge in [-0.2, -0.15) is 0 Å². The smallest absolute Gasteiger partial charge is 0.289 e. The monoisotopic (exact) mass is 564 g/mol. The van der Waals surface area contributed by atoms with E-state index in [0.29, 0.717) is 57.4 Å². The lowest BCUT2D eigenvalue weighted by Crippen LogP contribution is -2.58. The van der Waals surface area contributed by atoms with Gasteiger partial charge in [0, 0.05) is 19.5 Å². The molecule has 3 atom stereocenters. The van der Waals surface area contributed by atoms with Crippen molar-refractivity contribution in [1.29, 1.82) is 0 Å². The van der Waals surface area contributed by atoms with Gasteiger partial charge in [0.1, 0.15) is 12.1 Å². The Morgan fingerprint density at radius 1 is 1.00 bits per heavy atom. The van der Waals surface area contributed by atoms with Crippen molar-refractivity contribution >= 4 is 29.4 Å². The molecule has 1 saturated carbocycles. The fraction of sp³-hybridized carbons (Fsp3) is 0.594. The first-order valence-corrected chi connectivity index (χ1v) is 15.2. The lowest BCUT2D eigenvalue weighted by molar-refractivity contribution is -0.144. The fourth-order valence-corrected chi connectivity index (χ4v) is 6.64. The van der Waals surface area contributed by atoms with Gasteiger partial charge < -0.3 is 20.9 Å². The van der Waals surface area contributed by atoms with Crippen molar-refractivity contribution in [3.63, 3.8) is 0 Å². The van der Waals surface area contributed by atoms with Gasteiger partial charge in [0.2, 0.25) is 23.5 Å². The molecule has 4 rings (SSSR count). The van der Waals surface area contributed by atoms with Crippen molar-refractivity contribution in [2.24, 2.45) is 11.8 Å². The van der Waals surface area contributed by atoms with Crippen LogP contribution in [0.3, 0.4) is 0 Å². The Morgan fingerprint density at radius 2 is 1.68 bits per heavy atom. The van der Waals surface area contributed by atoms with Crippen LogP contribution in [0.5, 0.6) is 0 Å². The standard InChI is InChI=1S/C32H44N4O5/c1-3-10-25(29(38)31(40)33-16-4-2)34-30(39)26-15-9-17-36(26)32(41)28(35-27(37)18-21-11-5-6-12-21)24-19-22-13-7-8-14-23(22)20-24/h4,7-8,13-14,21,24-26,28H,2-3,5-6,9-12,15-20H2,1H3,(H,33,40)(H,34,39)(H,35,37)/t25?,26-,28-/m0/s1. The lowest BCUT2D eigenvalue weighted by Gasteiger charge is -2.32. The molecule has 222 valence electrons. The van der Waals surface area contributed by atoms with Gasteiger partial charge in [-0.05, 0) is 67.9 Å². The minimum Gasteiger partial charge on any atom is -0.346 e. The molecule has 3 N–H and O–H groups in total. The van der Waals surface area contributed by atoms with Gasteiger partial charge in [-0.15, -0.1) is 6.58 Å². The van der Waals surface area contributed by atoms with Crippen molar-refractivity contribution in [3.05, 3.63) is 48.0 Å². The maximum absolute atomic E-state index is 14.1. The van der Waals surface area contributed by atoms with Gasteiger partial charge in [-0.25, -0.2) is 0 Å². The molecule has 1 heterocycles. The second-order valence-corrected chi connectivity index (χ2v) is 11.7. The summed E-state index contributed by atoms with van der Waals surface area (Å²) in [5.41, 5.74) is 2.37. The maximum Gasteiger partial charge on any atom is 0.289 e. The highest BCUT2D eigenvalue weighted by Crippen LogP contribution is 2.32. The van der Waals surface area contributed by atoms with E-state index in [9.17, 15) is 24.0 Å². The van der Waals surface area contributed by atoms with Crippen molar-refractivity contribution in [1.82, 2.24) is 20.9 Å². The topological polar surface area (TPSA) is 125 Å². The predicted molar refractivity (Wildman–Crippen MR) is 156 cm³/mol. The zero-order chi connectivity index (χ0) is 29.4. The summed E-state index contributed by atoms with van der Waals surface area (Å²) in [7, 11) is 0. The molecule has 9 heteroatoms. The summed E-state index contributed by atoms with van der Waals surface area (Å²) in [6.45, 7) is 5.96. The predicted octanol–water partition coefficient (Wildman–Crippen LogP) is 2.61. The average molecular weight is 565 g/mol. The molecule has 1 aromatic rings. The number of amides is 4. The van der Waals surface area contributed by atoms with E-state index >= 15 is 0 Å². The summed E-state index contributed by atoms with van der Waals surface area (Å²) in [5, 5.41) is 8.33. The minimum atomic E-state index is -0.971. The number of fused-ring (bicyclic) bond motifs is 1. The van der Waals surface area contributed by atoms with Crippen LogP contribution < -0.4 is 16.0 Å². The fourth-order valence-electron chi connectivity index (χ4n) is 6.64. The number of likely N-dealkylation sites (tertiary alicyclic amines) is 1. The quantitative estimate of drug-likeness (QED) is 0.251. The van der Waals surface area contributed by atoms with Crippen LogP contribution in [0.25, 0.3) is 0 Å². The van der Waals surface area contributed by atoms with Gasteiger partial charge in [0.15, 0.2) is 0 Å². The highest BCUT2D eigenvalue weighted by Gasteiger charge is 2.43. The Labute approximate surface area is 242 Å². The van der Waals surface area contributed by atoms with Crippen molar-refractivity contribution in [2.75, 3.05) is 13.1 Å². The number of nitrogens with one attached hydrogen (secondary N) is 3. The van der Waals surface area contributed by atoms with Crippen LogP contribution >= 0.6 is 0 Å². The van der Waals surface area contributed by atoms with Gasteiger partial charge in [0.05, 0.1) is 6.04 Å².